The summed E-state index contributed by atoms with van der Waals surface area (Å²) in [4.78, 5) is 8.85. The first kappa shape index (κ1) is 27.0. The Morgan fingerprint density at radius 1 is 1.12 bits per heavy atom. The molecule has 0 aromatic carbocycles. The summed E-state index contributed by atoms with van der Waals surface area (Å²) in [6, 6.07) is -0.574. The van der Waals surface area contributed by atoms with Crippen molar-refractivity contribution >= 4 is 49.0 Å². The van der Waals surface area contributed by atoms with Gasteiger partial charge in [0.05, 0.1) is 4.91 Å². The minimum Gasteiger partial charge on any atom is -0.369 e. The van der Waals surface area contributed by atoms with Crippen molar-refractivity contribution in [3.8, 4) is 0 Å². The van der Waals surface area contributed by atoms with Crippen LogP contribution in [-0.2, 0) is 15.6 Å². The molecule has 1 aromatic heterocycles. The third-order valence-electron chi connectivity index (χ3n) is 5.37. The zero-order valence-corrected chi connectivity index (χ0v) is 20.4. The number of thiocarbonyl (C=S) groups is 1. The van der Waals surface area contributed by atoms with E-state index in [0.29, 0.717) is 4.48 Å². The van der Waals surface area contributed by atoms with Crippen LogP contribution in [0, 0.1) is 0 Å². The Hall–Kier alpha value is -1.62. The van der Waals surface area contributed by atoms with Gasteiger partial charge in [0.2, 0.25) is 16.0 Å². The van der Waals surface area contributed by atoms with Crippen LogP contribution in [0.2, 0.25) is 0 Å². The predicted octanol–water partition coefficient (Wildman–Crippen LogP) is 3.57. The molecule has 0 saturated carbocycles. The molecule has 1 atom stereocenters. The fraction of sp³-hybridized carbons (Fsp3) is 0.500. The summed E-state index contributed by atoms with van der Waals surface area (Å²) in [6.45, 7) is 1.52. The fourth-order valence-electron chi connectivity index (χ4n) is 3.50. The van der Waals surface area contributed by atoms with Crippen LogP contribution in [0.5, 0.6) is 0 Å². The molecule has 1 fully saturated rings. The fourth-order valence-corrected chi connectivity index (χ4v) is 6.16. The van der Waals surface area contributed by atoms with Gasteiger partial charge in [0.25, 0.3) is 5.60 Å². The second kappa shape index (κ2) is 9.11. The van der Waals surface area contributed by atoms with E-state index < -0.39 is 39.6 Å². The molecule has 16 heteroatoms. The predicted molar refractivity (Wildman–Crippen MR) is 118 cm³/mol. The summed E-state index contributed by atoms with van der Waals surface area (Å²) >= 11 is 8.40. The number of rotatable bonds is 4. The van der Waals surface area contributed by atoms with Crippen molar-refractivity contribution in [1.29, 1.82) is 0 Å². The number of hydrogen-bond acceptors (Lipinski definition) is 7. The molecule has 0 radical (unpaired) electrons. The summed E-state index contributed by atoms with van der Waals surface area (Å²) in [5.41, 5.74) is -6.72. The number of piperazine rings is 1. The molecule has 0 bridgehead atoms. The Bertz CT molecular complexity index is 1120. The zero-order valence-electron chi connectivity index (χ0n) is 17.2. The largest absolute Gasteiger partial charge is 0.430 e. The lowest BCUT2D eigenvalue weighted by molar-refractivity contribution is -0.376. The Kier molecular flexibility index (Phi) is 7.23. The summed E-state index contributed by atoms with van der Waals surface area (Å²) in [7, 11) is -3.93. The molecule has 34 heavy (non-hydrogen) atoms. The number of aromatic nitrogens is 2. The van der Waals surface area contributed by atoms with Crippen molar-refractivity contribution in [3.05, 3.63) is 39.5 Å². The normalized spacial score (nSPS) is 21.4. The minimum absolute atomic E-state index is 0.0135. The molecule has 2 aliphatic rings. The highest BCUT2D eigenvalue weighted by Gasteiger charge is 2.71. The third-order valence-corrected chi connectivity index (χ3v) is 8.37. The van der Waals surface area contributed by atoms with Gasteiger partial charge in [-0.05, 0) is 13.0 Å². The van der Waals surface area contributed by atoms with Gasteiger partial charge in [-0.1, -0.05) is 34.2 Å². The highest BCUT2D eigenvalue weighted by atomic mass is 79.9. The van der Waals surface area contributed by atoms with Gasteiger partial charge >= 0.3 is 12.4 Å². The molecule has 0 amide bonds. The van der Waals surface area contributed by atoms with Crippen molar-refractivity contribution in [1.82, 2.24) is 14.3 Å². The van der Waals surface area contributed by atoms with Gasteiger partial charge in [-0.3, -0.25) is 0 Å². The number of hydrogen-bond donors (Lipinski definition) is 1. The molecule has 1 saturated heterocycles. The average Bonchev–Trinajstić information content (AvgIpc) is 2.73. The van der Waals surface area contributed by atoms with Crippen LogP contribution in [0.25, 0.3) is 0 Å². The first-order valence-electron chi connectivity index (χ1n) is 9.56. The van der Waals surface area contributed by atoms with E-state index in [0.717, 1.165) is 0 Å². The van der Waals surface area contributed by atoms with Crippen LogP contribution in [0.3, 0.4) is 0 Å². The van der Waals surface area contributed by atoms with Crippen LogP contribution in [0.1, 0.15) is 18.9 Å². The second-order valence-electron chi connectivity index (χ2n) is 7.61. The Morgan fingerprint density at radius 2 is 1.68 bits per heavy atom. The highest BCUT2D eigenvalue weighted by Crippen LogP contribution is 2.49. The van der Waals surface area contributed by atoms with Gasteiger partial charge in [-0.15, -0.1) is 0 Å². The van der Waals surface area contributed by atoms with E-state index >= 15 is 0 Å². The summed E-state index contributed by atoms with van der Waals surface area (Å²) in [5, 5.41) is 9.46. The van der Waals surface area contributed by atoms with E-state index in [1.165, 1.54) is 15.3 Å². The smallest absolute Gasteiger partial charge is 0.369 e. The molecule has 1 aliphatic heterocycles. The summed E-state index contributed by atoms with van der Waals surface area (Å²) in [5.74, 6) is -0.210. The SMILES string of the molecule is C[C@H]1CN(S(=O)(=O)C2=CC(Br)=CCC2=S)CCN1c1ncc(C(O)(C(F)(F)F)C(F)(F)F)cn1. The first-order valence-corrected chi connectivity index (χ1v) is 12.2. The van der Waals surface area contributed by atoms with Crippen molar-refractivity contribution in [2.24, 2.45) is 0 Å². The van der Waals surface area contributed by atoms with E-state index in [1.54, 1.807) is 13.0 Å². The maximum atomic E-state index is 13.1. The lowest BCUT2D eigenvalue weighted by Gasteiger charge is -2.39. The summed E-state index contributed by atoms with van der Waals surface area (Å²) < 4.78 is 106. The molecule has 188 valence electrons. The molecule has 0 unspecified atom stereocenters. The van der Waals surface area contributed by atoms with E-state index in [2.05, 4.69) is 25.9 Å². The van der Waals surface area contributed by atoms with E-state index in [1.807, 2.05) is 0 Å². The zero-order chi connectivity index (χ0) is 25.7. The topological polar surface area (TPSA) is 86.6 Å². The monoisotopic (exact) mass is 594 g/mol. The van der Waals surface area contributed by atoms with Gasteiger partial charge in [0.15, 0.2) is 0 Å². The summed E-state index contributed by atoms with van der Waals surface area (Å²) in [6.07, 6.45) is -8.19. The molecular weight excluding hydrogens is 578 g/mol. The molecule has 1 aromatic rings. The first-order chi connectivity index (χ1) is 15.5. The van der Waals surface area contributed by atoms with Gasteiger partial charge < -0.3 is 10.0 Å². The van der Waals surface area contributed by atoms with E-state index in [4.69, 9.17) is 12.2 Å². The van der Waals surface area contributed by atoms with Gasteiger partial charge in [0, 0.05) is 59.4 Å². The number of sulfonamides is 1. The van der Waals surface area contributed by atoms with E-state index in [9.17, 15) is 39.9 Å². The van der Waals surface area contributed by atoms with Crippen LogP contribution >= 0.6 is 28.1 Å². The molecule has 2 heterocycles. The number of nitrogens with zero attached hydrogens (tertiary/aromatic N) is 4. The van der Waals surface area contributed by atoms with Crippen molar-refractivity contribution < 1.29 is 39.9 Å². The van der Waals surface area contributed by atoms with Crippen LogP contribution in [0.15, 0.2) is 33.9 Å². The minimum atomic E-state index is -6.05. The van der Waals surface area contributed by atoms with Crippen molar-refractivity contribution in [2.75, 3.05) is 24.5 Å². The average molecular weight is 595 g/mol. The number of allylic oxidation sites excluding steroid dienone is 4. The maximum absolute atomic E-state index is 13.1. The van der Waals surface area contributed by atoms with E-state index in [-0.39, 0.29) is 54.2 Å². The number of halogens is 7. The number of anilines is 1. The number of alkyl halides is 6. The molecule has 3 rings (SSSR count). The van der Waals surface area contributed by atoms with Crippen LogP contribution in [0.4, 0.5) is 32.3 Å². The van der Waals surface area contributed by atoms with Crippen molar-refractivity contribution in [3.63, 3.8) is 0 Å². The van der Waals surface area contributed by atoms with Crippen molar-refractivity contribution in [2.45, 2.75) is 37.3 Å². The lowest BCUT2D eigenvalue weighted by Crippen LogP contribution is -2.55. The standard InChI is InChI=1S/C18H17BrF6N4O3S2/c1-10-9-28(34(31,32)14-6-12(19)2-3-13(14)33)4-5-29(10)15-26-7-11(8-27-15)16(30,17(20,21)22)18(23,24)25/h2,6-8,10,30H,3-5,9H2,1H3/t10-/m0/s1. The second-order valence-corrected chi connectivity index (χ2v) is 10.9. The number of aliphatic hydroxyl groups is 1. The third kappa shape index (κ3) is 4.74. The van der Waals surface area contributed by atoms with Crippen LogP contribution in [-0.4, -0.2) is 70.7 Å². The van der Waals surface area contributed by atoms with Gasteiger partial charge in [-0.25, -0.2) is 18.4 Å². The molecule has 1 N–H and O–H groups in total. The Labute approximate surface area is 204 Å². The Morgan fingerprint density at radius 3 is 2.18 bits per heavy atom. The quantitative estimate of drug-likeness (QED) is 0.421. The highest BCUT2D eigenvalue weighted by molar-refractivity contribution is 9.11. The molecule has 0 spiro atoms. The van der Waals surface area contributed by atoms with Gasteiger partial charge in [0.1, 0.15) is 0 Å². The molecular formula is C18H17BrF6N4O3S2. The Balaban J connectivity index is 1.82. The lowest BCUT2D eigenvalue weighted by atomic mass is 9.95. The maximum Gasteiger partial charge on any atom is 0.430 e. The van der Waals surface area contributed by atoms with Crippen LogP contribution < -0.4 is 4.90 Å². The van der Waals surface area contributed by atoms with Gasteiger partial charge in [-0.2, -0.15) is 30.6 Å². The molecule has 7 nitrogen and oxygen atoms in total. The molecule has 1 aliphatic carbocycles.